The molecular formula is C32H28N2O3S. The molecule has 1 aliphatic heterocycles. The molecule has 5 nitrogen and oxygen atoms in total. The van der Waals surface area contributed by atoms with Gasteiger partial charge in [0.15, 0.2) is 0 Å². The van der Waals surface area contributed by atoms with Crippen molar-refractivity contribution in [2.24, 2.45) is 0 Å². The maximum atomic E-state index is 13.6. The molecule has 0 radical (unpaired) electrons. The molecule has 1 N–H and O–H groups in total. The Bertz CT molecular complexity index is 1490. The van der Waals surface area contributed by atoms with Crippen molar-refractivity contribution < 1.29 is 14.3 Å². The lowest BCUT2D eigenvalue weighted by atomic mass is 10.1. The number of nitrogens with one attached hydrogen (secondary N) is 1. The molecule has 0 fully saturated rings. The first-order chi connectivity index (χ1) is 18.5. The van der Waals surface area contributed by atoms with E-state index >= 15 is 0 Å². The number of methoxy groups -OCH3 is 1. The molecule has 0 saturated carbocycles. The third-order valence-electron chi connectivity index (χ3n) is 6.40. The molecule has 0 atom stereocenters. The molecule has 0 bridgehead atoms. The van der Waals surface area contributed by atoms with E-state index in [-0.39, 0.29) is 11.8 Å². The molecule has 5 rings (SSSR count). The van der Waals surface area contributed by atoms with Crippen molar-refractivity contribution in [1.29, 1.82) is 0 Å². The number of rotatable bonds is 7. The van der Waals surface area contributed by atoms with Gasteiger partial charge in [-0.25, -0.2) is 0 Å². The minimum absolute atomic E-state index is 0.0343. The van der Waals surface area contributed by atoms with E-state index in [2.05, 4.69) is 36.5 Å². The number of benzene rings is 4. The number of hydrogen-bond donors (Lipinski definition) is 1. The van der Waals surface area contributed by atoms with Crippen LogP contribution in [0, 0.1) is 6.92 Å². The topological polar surface area (TPSA) is 58.6 Å². The fraction of sp³-hybridized carbons (Fsp3) is 0.125. The Morgan fingerprint density at radius 2 is 1.63 bits per heavy atom. The van der Waals surface area contributed by atoms with Gasteiger partial charge in [-0.05, 0) is 54.5 Å². The van der Waals surface area contributed by atoms with Crippen LogP contribution in [0.3, 0.4) is 0 Å². The Morgan fingerprint density at radius 1 is 0.921 bits per heavy atom. The van der Waals surface area contributed by atoms with E-state index in [4.69, 9.17) is 4.74 Å². The number of ether oxygens (including phenoxy) is 1. The fourth-order valence-corrected chi connectivity index (χ4v) is 5.36. The van der Waals surface area contributed by atoms with Gasteiger partial charge in [-0.1, -0.05) is 84.1 Å². The van der Waals surface area contributed by atoms with Gasteiger partial charge in [-0.2, -0.15) is 0 Å². The smallest absolute Gasteiger partial charge is 0.265 e. The minimum atomic E-state index is -0.170. The Balaban J connectivity index is 1.32. The zero-order valence-electron chi connectivity index (χ0n) is 21.3. The summed E-state index contributed by atoms with van der Waals surface area (Å²) in [6.45, 7) is 2.92. The van der Waals surface area contributed by atoms with Crippen molar-refractivity contribution >= 4 is 35.3 Å². The van der Waals surface area contributed by atoms with Crippen LogP contribution < -0.4 is 15.0 Å². The second kappa shape index (κ2) is 11.4. The van der Waals surface area contributed by atoms with Crippen LogP contribution in [0.5, 0.6) is 5.75 Å². The summed E-state index contributed by atoms with van der Waals surface area (Å²) in [6.07, 6.45) is 1.89. The number of carbonyl (C=O) groups is 2. The summed E-state index contributed by atoms with van der Waals surface area (Å²) in [6, 6.07) is 31.1. The van der Waals surface area contributed by atoms with Crippen molar-refractivity contribution in [3.8, 4) is 5.75 Å². The van der Waals surface area contributed by atoms with Crippen LogP contribution >= 0.6 is 11.8 Å². The molecule has 0 spiro atoms. The molecule has 4 aromatic carbocycles. The number of anilines is 1. The van der Waals surface area contributed by atoms with Crippen LogP contribution in [0.2, 0.25) is 0 Å². The Labute approximate surface area is 227 Å². The van der Waals surface area contributed by atoms with Gasteiger partial charge in [-0.15, -0.1) is 0 Å². The molecule has 0 aliphatic carbocycles. The summed E-state index contributed by atoms with van der Waals surface area (Å²) in [4.78, 5) is 29.8. The molecule has 1 aliphatic rings. The summed E-state index contributed by atoms with van der Waals surface area (Å²) in [5.41, 5.74) is 5.50. The Hall–Kier alpha value is -4.29. The summed E-state index contributed by atoms with van der Waals surface area (Å²) in [5, 5.41) is 2.94. The number of fused-ring (bicyclic) bond motifs is 1. The van der Waals surface area contributed by atoms with Gasteiger partial charge in [0.1, 0.15) is 5.75 Å². The predicted octanol–water partition coefficient (Wildman–Crippen LogP) is 6.61. The van der Waals surface area contributed by atoms with Gasteiger partial charge in [0.2, 0.25) is 0 Å². The van der Waals surface area contributed by atoms with E-state index in [9.17, 15) is 9.59 Å². The first-order valence-corrected chi connectivity index (χ1v) is 13.2. The Morgan fingerprint density at radius 3 is 2.39 bits per heavy atom. The quantitative estimate of drug-likeness (QED) is 0.279. The zero-order chi connectivity index (χ0) is 26.5. The lowest BCUT2D eigenvalue weighted by molar-refractivity contribution is -0.114. The van der Waals surface area contributed by atoms with Crippen molar-refractivity contribution in [1.82, 2.24) is 5.32 Å². The van der Waals surface area contributed by atoms with Crippen molar-refractivity contribution in [2.45, 2.75) is 24.9 Å². The molecule has 4 aromatic rings. The van der Waals surface area contributed by atoms with Crippen LogP contribution in [0.4, 0.5) is 5.69 Å². The SMILES string of the molecule is COc1ccccc1CNC(=O)c1ccc(/C=C2/Sc3ccccc3N(Cc3ccc(C)cc3)C2=O)cc1. The number of carbonyl (C=O) groups excluding carboxylic acids is 2. The maximum absolute atomic E-state index is 13.6. The van der Waals surface area contributed by atoms with Gasteiger partial charge >= 0.3 is 0 Å². The monoisotopic (exact) mass is 520 g/mol. The van der Waals surface area contributed by atoms with Gasteiger partial charge in [-0.3, -0.25) is 9.59 Å². The third kappa shape index (κ3) is 5.66. The summed E-state index contributed by atoms with van der Waals surface area (Å²) in [5.74, 6) is 0.534. The predicted molar refractivity (Wildman–Crippen MR) is 153 cm³/mol. The van der Waals surface area contributed by atoms with E-state index < -0.39 is 0 Å². The van der Waals surface area contributed by atoms with Crippen molar-refractivity contribution in [3.05, 3.63) is 130 Å². The highest BCUT2D eigenvalue weighted by atomic mass is 32.2. The van der Waals surface area contributed by atoms with Crippen LogP contribution in [0.25, 0.3) is 6.08 Å². The molecule has 0 unspecified atom stereocenters. The highest BCUT2D eigenvalue weighted by molar-refractivity contribution is 8.04. The van der Waals surface area contributed by atoms with Gasteiger partial charge in [0, 0.05) is 22.6 Å². The van der Waals surface area contributed by atoms with Gasteiger partial charge in [0.05, 0.1) is 24.2 Å². The molecule has 190 valence electrons. The fourth-order valence-electron chi connectivity index (χ4n) is 4.30. The highest BCUT2D eigenvalue weighted by Crippen LogP contribution is 2.42. The average molecular weight is 521 g/mol. The minimum Gasteiger partial charge on any atom is -0.496 e. The zero-order valence-corrected chi connectivity index (χ0v) is 22.1. The van der Waals surface area contributed by atoms with Crippen molar-refractivity contribution in [3.63, 3.8) is 0 Å². The summed E-state index contributed by atoms with van der Waals surface area (Å²) < 4.78 is 5.36. The first-order valence-electron chi connectivity index (χ1n) is 12.4. The highest BCUT2D eigenvalue weighted by Gasteiger charge is 2.29. The third-order valence-corrected chi connectivity index (χ3v) is 7.47. The number of amides is 2. The van der Waals surface area contributed by atoms with E-state index in [1.54, 1.807) is 19.2 Å². The summed E-state index contributed by atoms with van der Waals surface area (Å²) in [7, 11) is 1.61. The van der Waals surface area contributed by atoms with Crippen molar-refractivity contribution in [2.75, 3.05) is 12.0 Å². The van der Waals surface area contributed by atoms with Crippen LogP contribution in [0.1, 0.15) is 32.6 Å². The number of para-hydroxylation sites is 2. The van der Waals surface area contributed by atoms with Crippen LogP contribution in [-0.2, 0) is 17.9 Å². The molecule has 1 heterocycles. The lowest BCUT2D eigenvalue weighted by Gasteiger charge is -2.30. The lowest BCUT2D eigenvalue weighted by Crippen LogP contribution is -2.33. The summed E-state index contributed by atoms with van der Waals surface area (Å²) >= 11 is 1.48. The van der Waals surface area contributed by atoms with E-state index in [1.807, 2.05) is 71.6 Å². The van der Waals surface area contributed by atoms with Gasteiger partial charge in [0.25, 0.3) is 11.8 Å². The molecule has 2 amide bonds. The average Bonchev–Trinajstić information content (AvgIpc) is 2.95. The standard InChI is InChI=1S/C32H28N2O3S/c1-22-11-13-24(14-12-22)21-34-27-8-4-6-10-29(27)38-30(32(34)36)19-23-15-17-25(18-16-23)31(35)33-20-26-7-3-5-9-28(26)37-2/h3-19H,20-21H2,1-2H3,(H,33,35)/b30-19+. The molecule has 0 saturated heterocycles. The normalized spacial score (nSPS) is 13.8. The number of aryl methyl sites for hydroxylation is 1. The maximum Gasteiger partial charge on any atom is 0.265 e. The van der Waals surface area contributed by atoms with E-state index in [0.29, 0.717) is 23.6 Å². The molecule has 38 heavy (non-hydrogen) atoms. The molecule has 6 heteroatoms. The van der Waals surface area contributed by atoms with Crippen LogP contribution in [0.15, 0.2) is 107 Å². The van der Waals surface area contributed by atoms with E-state index in [1.165, 1.54) is 17.3 Å². The van der Waals surface area contributed by atoms with Crippen LogP contribution in [-0.4, -0.2) is 18.9 Å². The second-order valence-corrected chi connectivity index (χ2v) is 10.2. The van der Waals surface area contributed by atoms with E-state index in [0.717, 1.165) is 33.0 Å². The van der Waals surface area contributed by atoms with Gasteiger partial charge < -0.3 is 15.0 Å². The number of nitrogens with zero attached hydrogens (tertiary/aromatic N) is 1. The number of hydrogen-bond acceptors (Lipinski definition) is 4. The largest absolute Gasteiger partial charge is 0.496 e. The molecular weight excluding hydrogens is 492 g/mol. The second-order valence-electron chi connectivity index (χ2n) is 9.07. The molecule has 0 aromatic heterocycles. The Kier molecular flexibility index (Phi) is 7.61. The first kappa shape index (κ1) is 25.4. The number of thioether (sulfide) groups is 1.